The van der Waals surface area contributed by atoms with E-state index < -0.39 is 36.6 Å². The molecular weight excluding hydrogens is 242 g/mol. The lowest BCUT2D eigenvalue weighted by Crippen LogP contribution is -2.57. The molecule has 1 saturated heterocycles. The van der Waals surface area contributed by atoms with Crippen molar-refractivity contribution in [1.29, 1.82) is 0 Å². The van der Waals surface area contributed by atoms with Crippen LogP contribution in [-0.4, -0.2) is 58.3 Å². The van der Waals surface area contributed by atoms with E-state index in [1.54, 1.807) is 0 Å². The van der Waals surface area contributed by atoms with E-state index in [0.29, 0.717) is 13.0 Å². The van der Waals surface area contributed by atoms with Gasteiger partial charge in [-0.05, 0) is 19.3 Å². The number of primary amides is 1. The minimum absolute atomic E-state index is 0.344. The van der Waals surface area contributed by atoms with Crippen LogP contribution in [0, 0.1) is 0 Å². The number of nitrogens with zero attached hydrogens (tertiary/aromatic N) is 1. The molecule has 2 atom stereocenters. The third-order valence-corrected chi connectivity index (χ3v) is 2.87. The molecule has 2 unspecified atom stereocenters. The van der Waals surface area contributed by atoms with Crippen LogP contribution >= 0.6 is 0 Å². The minimum atomic E-state index is -1.38. The van der Waals surface area contributed by atoms with Gasteiger partial charge in [0.2, 0.25) is 5.91 Å². The van der Waals surface area contributed by atoms with Crippen LogP contribution in [0.5, 0.6) is 0 Å². The van der Waals surface area contributed by atoms with E-state index in [0.717, 1.165) is 12.8 Å². The molecule has 1 aliphatic rings. The molecule has 1 heterocycles. The highest BCUT2D eigenvalue weighted by atomic mass is 16.4. The van der Waals surface area contributed by atoms with Gasteiger partial charge in [0, 0.05) is 6.54 Å². The van der Waals surface area contributed by atoms with Gasteiger partial charge in [0.05, 0.1) is 6.61 Å². The largest absolute Gasteiger partial charge is 0.480 e. The second kappa shape index (κ2) is 6.20. The maximum absolute atomic E-state index is 11.8. The maximum Gasteiger partial charge on any atom is 0.328 e. The number of likely N-dealkylation sites (tertiary alicyclic amines) is 1. The van der Waals surface area contributed by atoms with E-state index >= 15 is 0 Å². The average Bonchev–Trinajstić information content (AvgIpc) is 2.35. The summed E-state index contributed by atoms with van der Waals surface area (Å²) < 4.78 is 0. The number of carbonyl (C=O) groups is 3. The second-order valence-electron chi connectivity index (χ2n) is 4.13. The molecule has 0 aromatic heterocycles. The van der Waals surface area contributed by atoms with Gasteiger partial charge in [-0.15, -0.1) is 0 Å². The summed E-state index contributed by atoms with van der Waals surface area (Å²) in [5.74, 6) is -1.95. The molecule has 0 spiro atoms. The van der Waals surface area contributed by atoms with Gasteiger partial charge in [0.25, 0.3) is 0 Å². The zero-order valence-corrected chi connectivity index (χ0v) is 9.83. The monoisotopic (exact) mass is 259 g/mol. The van der Waals surface area contributed by atoms with Crippen LogP contribution in [0.15, 0.2) is 0 Å². The highest BCUT2D eigenvalue weighted by molar-refractivity contribution is 5.88. The predicted molar refractivity (Wildman–Crippen MR) is 60.6 cm³/mol. The van der Waals surface area contributed by atoms with Crippen molar-refractivity contribution in [3.63, 3.8) is 0 Å². The van der Waals surface area contributed by atoms with Crippen molar-refractivity contribution in [3.8, 4) is 0 Å². The number of carbonyl (C=O) groups excluding carboxylic acids is 2. The minimum Gasteiger partial charge on any atom is -0.480 e. The summed E-state index contributed by atoms with van der Waals surface area (Å²) in [6.45, 7) is -0.368. The number of hydrogen-bond donors (Lipinski definition) is 4. The molecule has 102 valence electrons. The fourth-order valence-corrected chi connectivity index (χ4v) is 1.89. The summed E-state index contributed by atoms with van der Waals surface area (Å²) in [6.07, 6.45) is 1.99. The Morgan fingerprint density at radius 2 is 2.06 bits per heavy atom. The molecule has 0 aliphatic carbocycles. The molecule has 1 rings (SSSR count). The Bertz CT molecular complexity index is 346. The zero-order chi connectivity index (χ0) is 13.7. The van der Waals surface area contributed by atoms with E-state index in [1.165, 1.54) is 4.90 Å². The summed E-state index contributed by atoms with van der Waals surface area (Å²) in [7, 11) is 0. The molecule has 0 radical (unpaired) electrons. The van der Waals surface area contributed by atoms with E-state index in [1.807, 2.05) is 0 Å². The third kappa shape index (κ3) is 3.33. The molecule has 3 amide bonds. The summed E-state index contributed by atoms with van der Waals surface area (Å²) in [5, 5.41) is 19.7. The number of nitrogens with two attached hydrogens (primary N) is 1. The first-order chi connectivity index (χ1) is 8.47. The van der Waals surface area contributed by atoms with Crippen molar-refractivity contribution in [2.45, 2.75) is 31.3 Å². The number of piperidine rings is 1. The normalized spacial score (nSPS) is 21.2. The lowest BCUT2D eigenvalue weighted by Gasteiger charge is -2.34. The lowest BCUT2D eigenvalue weighted by molar-refractivity contribution is -0.140. The lowest BCUT2D eigenvalue weighted by atomic mass is 10.0. The number of nitrogens with one attached hydrogen (secondary N) is 1. The Labute approximate surface area is 104 Å². The number of urea groups is 1. The number of aliphatic carboxylic acids is 1. The number of carboxylic acid groups (broad SMARTS) is 1. The Morgan fingerprint density at radius 1 is 1.39 bits per heavy atom. The maximum atomic E-state index is 11.8. The zero-order valence-electron chi connectivity index (χ0n) is 9.83. The molecule has 18 heavy (non-hydrogen) atoms. The van der Waals surface area contributed by atoms with Gasteiger partial charge in [-0.1, -0.05) is 0 Å². The molecule has 1 fully saturated rings. The van der Waals surface area contributed by atoms with Crippen molar-refractivity contribution in [1.82, 2.24) is 10.2 Å². The number of amides is 3. The van der Waals surface area contributed by atoms with Gasteiger partial charge < -0.3 is 26.2 Å². The fraction of sp³-hybridized carbons (Fsp3) is 0.700. The molecule has 0 saturated carbocycles. The van der Waals surface area contributed by atoms with Crippen molar-refractivity contribution in [2.75, 3.05) is 13.2 Å². The number of rotatable bonds is 4. The Hall–Kier alpha value is -1.83. The van der Waals surface area contributed by atoms with Crippen molar-refractivity contribution < 1.29 is 24.6 Å². The van der Waals surface area contributed by atoms with Crippen LogP contribution in [0.3, 0.4) is 0 Å². The van der Waals surface area contributed by atoms with Crippen molar-refractivity contribution in [2.24, 2.45) is 5.73 Å². The summed E-state index contributed by atoms with van der Waals surface area (Å²) in [6, 6.07) is -2.79. The van der Waals surface area contributed by atoms with Crippen LogP contribution in [0.2, 0.25) is 0 Å². The first kappa shape index (κ1) is 14.2. The van der Waals surface area contributed by atoms with Gasteiger partial charge in [-0.3, -0.25) is 4.79 Å². The smallest absolute Gasteiger partial charge is 0.328 e. The summed E-state index contributed by atoms with van der Waals surface area (Å²) in [4.78, 5) is 34.9. The predicted octanol–water partition coefficient (Wildman–Crippen LogP) is -1.52. The summed E-state index contributed by atoms with van der Waals surface area (Å²) >= 11 is 0. The first-order valence-corrected chi connectivity index (χ1v) is 5.67. The van der Waals surface area contributed by atoms with Gasteiger partial charge in [0.15, 0.2) is 6.04 Å². The number of hydrogen-bond acceptors (Lipinski definition) is 4. The molecule has 8 heteroatoms. The SMILES string of the molecule is NC(=O)C1CCCCN1C(=O)NC(CO)C(=O)O. The first-order valence-electron chi connectivity index (χ1n) is 5.67. The second-order valence-corrected chi connectivity index (χ2v) is 4.13. The van der Waals surface area contributed by atoms with Crippen LogP contribution in [0.4, 0.5) is 4.79 Å². The Kier molecular flexibility index (Phi) is 4.90. The van der Waals surface area contributed by atoms with E-state index in [-0.39, 0.29) is 0 Å². The van der Waals surface area contributed by atoms with E-state index in [4.69, 9.17) is 15.9 Å². The van der Waals surface area contributed by atoms with Crippen LogP contribution in [0.25, 0.3) is 0 Å². The Morgan fingerprint density at radius 3 is 2.56 bits per heavy atom. The molecule has 5 N–H and O–H groups in total. The topological polar surface area (TPSA) is 133 Å². The number of carboxylic acids is 1. The van der Waals surface area contributed by atoms with E-state index in [2.05, 4.69) is 5.32 Å². The molecule has 0 aromatic rings. The third-order valence-electron chi connectivity index (χ3n) is 2.87. The van der Waals surface area contributed by atoms with Crippen LogP contribution < -0.4 is 11.1 Å². The van der Waals surface area contributed by atoms with Gasteiger partial charge in [0.1, 0.15) is 6.04 Å². The molecule has 0 aromatic carbocycles. The van der Waals surface area contributed by atoms with Gasteiger partial charge in [-0.2, -0.15) is 0 Å². The quantitative estimate of drug-likeness (QED) is 0.486. The fourth-order valence-electron chi connectivity index (χ4n) is 1.89. The molecule has 1 aliphatic heterocycles. The van der Waals surface area contributed by atoms with E-state index in [9.17, 15) is 14.4 Å². The highest BCUT2D eigenvalue weighted by Gasteiger charge is 2.32. The average molecular weight is 259 g/mol. The molecule has 8 nitrogen and oxygen atoms in total. The summed E-state index contributed by atoms with van der Waals surface area (Å²) in [5.41, 5.74) is 5.19. The van der Waals surface area contributed by atoms with Crippen molar-refractivity contribution in [3.05, 3.63) is 0 Å². The number of aliphatic hydroxyl groups is 1. The van der Waals surface area contributed by atoms with Gasteiger partial charge in [-0.25, -0.2) is 9.59 Å². The molecule has 0 bridgehead atoms. The molecular formula is C10H17N3O5. The number of aliphatic hydroxyl groups excluding tert-OH is 1. The van der Waals surface area contributed by atoms with Gasteiger partial charge >= 0.3 is 12.0 Å². The van der Waals surface area contributed by atoms with Crippen LogP contribution in [0.1, 0.15) is 19.3 Å². The Balaban J connectivity index is 2.68. The van der Waals surface area contributed by atoms with Crippen LogP contribution in [-0.2, 0) is 9.59 Å². The van der Waals surface area contributed by atoms with Crippen molar-refractivity contribution >= 4 is 17.9 Å². The highest BCUT2D eigenvalue weighted by Crippen LogP contribution is 2.16. The standard InChI is InChI=1S/C10H17N3O5/c11-8(15)7-3-1-2-4-13(7)10(18)12-6(5-14)9(16)17/h6-7,14H,1-5H2,(H2,11,15)(H,12,18)(H,16,17).